The zero-order valence-corrected chi connectivity index (χ0v) is 10.6. The molecule has 0 amide bonds. The number of hydrogen-bond acceptors (Lipinski definition) is 3. The Hall–Kier alpha value is -1.07. The molecule has 0 aliphatic rings. The van der Waals surface area contributed by atoms with Gasteiger partial charge in [-0.15, -0.1) is 0 Å². The van der Waals surface area contributed by atoms with E-state index in [9.17, 15) is 8.42 Å². The Labute approximate surface area is 96.9 Å². The van der Waals surface area contributed by atoms with Gasteiger partial charge in [-0.1, -0.05) is 13.0 Å². The molecule has 4 nitrogen and oxygen atoms in total. The minimum absolute atomic E-state index is 0.0919. The van der Waals surface area contributed by atoms with Gasteiger partial charge in [-0.05, 0) is 38.0 Å². The number of sulfonamides is 1. The molecule has 0 radical (unpaired) electrons. The molecule has 1 unspecified atom stereocenters. The van der Waals surface area contributed by atoms with Crippen LogP contribution in [0.3, 0.4) is 0 Å². The number of nitrogen functional groups attached to an aromatic ring is 1. The predicted octanol–water partition coefficient (Wildman–Crippen LogP) is 1.65. The Morgan fingerprint density at radius 2 is 2.06 bits per heavy atom. The Balaban J connectivity index is 3.08. The molecule has 1 atom stereocenters. The minimum atomic E-state index is -3.49. The van der Waals surface area contributed by atoms with E-state index in [-0.39, 0.29) is 16.6 Å². The summed E-state index contributed by atoms with van der Waals surface area (Å²) in [6.07, 6.45) is 0.741. The first-order chi connectivity index (χ1) is 7.36. The molecule has 1 rings (SSSR count). The van der Waals surface area contributed by atoms with Crippen LogP contribution < -0.4 is 10.5 Å². The van der Waals surface area contributed by atoms with Gasteiger partial charge in [0.2, 0.25) is 10.0 Å². The fourth-order valence-electron chi connectivity index (χ4n) is 1.32. The molecule has 0 bridgehead atoms. The molecule has 0 aromatic heterocycles. The van der Waals surface area contributed by atoms with Gasteiger partial charge in [0.05, 0.1) is 5.69 Å². The quantitative estimate of drug-likeness (QED) is 0.789. The Morgan fingerprint density at radius 1 is 1.44 bits per heavy atom. The van der Waals surface area contributed by atoms with Gasteiger partial charge in [0.1, 0.15) is 4.90 Å². The second-order valence-electron chi connectivity index (χ2n) is 3.97. The van der Waals surface area contributed by atoms with E-state index in [1.165, 1.54) is 6.07 Å². The second-order valence-corrected chi connectivity index (χ2v) is 5.65. The van der Waals surface area contributed by atoms with Gasteiger partial charge >= 0.3 is 0 Å². The van der Waals surface area contributed by atoms with Gasteiger partial charge in [-0.3, -0.25) is 0 Å². The molecule has 0 aliphatic heterocycles. The highest BCUT2D eigenvalue weighted by atomic mass is 32.2. The van der Waals surface area contributed by atoms with Gasteiger partial charge in [-0.2, -0.15) is 0 Å². The third-order valence-electron chi connectivity index (χ3n) is 2.42. The highest BCUT2D eigenvalue weighted by Gasteiger charge is 2.18. The van der Waals surface area contributed by atoms with Crippen LogP contribution in [-0.4, -0.2) is 14.5 Å². The molecule has 3 N–H and O–H groups in total. The first kappa shape index (κ1) is 13.0. The van der Waals surface area contributed by atoms with Crippen LogP contribution in [0.4, 0.5) is 5.69 Å². The van der Waals surface area contributed by atoms with E-state index in [4.69, 9.17) is 5.73 Å². The van der Waals surface area contributed by atoms with Crippen molar-refractivity contribution in [2.45, 2.75) is 38.1 Å². The van der Waals surface area contributed by atoms with Crippen molar-refractivity contribution in [2.24, 2.45) is 0 Å². The molecular weight excluding hydrogens is 224 g/mol. The molecular formula is C11H18N2O2S. The summed E-state index contributed by atoms with van der Waals surface area (Å²) in [5.74, 6) is 0. The van der Waals surface area contributed by atoms with Crippen molar-refractivity contribution in [1.82, 2.24) is 4.72 Å². The number of hydrogen-bond donors (Lipinski definition) is 2. The van der Waals surface area contributed by atoms with Crippen molar-refractivity contribution >= 4 is 15.7 Å². The Kier molecular flexibility index (Phi) is 3.93. The minimum Gasteiger partial charge on any atom is -0.398 e. The SMILES string of the molecule is CCC(C)NS(=O)(=O)c1ccc(C)cc1N. The lowest BCUT2D eigenvalue weighted by atomic mass is 10.2. The van der Waals surface area contributed by atoms with E-state index in [2.05, 4.69) is 4.72 Å². The van der Waals surface area contributed by atoms with E-state index >= 15 is 0 Å². The highest BCUT2D eigenvalue weighted by Crippen LogP contribution is 2.19. The van der Waals surface area contributed by atoms with Crippen LogP contribution in [-0.2, 0) is 10.0 Å². The van der Waals surface area contributed by atoms with Gasteiger partial charge < -0.3 is 5.73 Å². The smallest absolute Gasteiger partial charge is 0.242 e. The zero-order valence-electron chi connectivity index (χ0n) is 9.82. The average molecular weight is 242 g/mol. The number of nitrogens with one attached hydrogen (secondary N) is 1. The Bertz CT molecular complexity index is 469. The summed E-state index contributed by atoms with van der Waals surface area (Å²) in [7, 11) is -3.49. The van der Waals surface area contributed by atoms with E-state index in [1.54, 1.807) is 12.1 Å². The van der Waals surface area contributed by atoms with Crippen molar-refractivity contribution in [2.75, 3.05) is 5.73 Å². The first-order valence-corrected chi connectivity index (χ1v) is 6.73. The number of nitrogens with two attached hydrogens (primary N) is 1. The molecule has 1 aromatic rings. The van der Waals surface area contributed by atoms with Crippen LogP contribution in [0.5, 0.6) is 0 Å². The second kappa shape index (κ2) is 4.84. The van der Waals surface area contributed by atoms with Crippen LogP contribution in [0.2, 0.25) is 0 Å². The van der Waals surface area contributed by atoms with Crippen molar-refractivity contribution in [3.8, 4) is 0 Å². The summed E-state index contributed by atoms with van der Waals surface area (Å²) in [4.78, 5) is 0.151. The molecule has 5 heteroatoms. The van der Waals surface area contributed by atoms with Crippen LogP contribution in [0, 0.1) is 6.92 Å². The van der Waals surface area contributed by atoms with Crippen molar-refractivity contribution in [3.05, 3.63) is 23.8 Å². The van der Waals surface area contributed by atoms with E-state index in [1.807, 2.05) is 20.8 Å². The van der Waals surface area contributed by atoms with Gasteiger partial charge in [0.25, 0.3) is 0 Å². The van der Waals surface area contributed by atoms with Crippen LogP contribution in [0.15, 0.2) is 23.1 Å². The monoisotopic (exact) mass is 242 g/mol. The summed E-state index contributed by atoms with van der Waals surface area (Å²) < 4.78 is 26.5. The van der Waals surface area contributed by atoms with Gasteiger partial charge in [-0.25, -0.2) is 13.1 Å². The zero-order chi connectivity index (χ0) is 12.3. The summed E-state index contributed by atoms with van der Waals surface area (Å²) >= 11 is 0. The topological polar surface area (TPSA) is 72.2 Å². The van der Waals surface area contributed by atoms with Crippen LogP contribution >= 0.6 is 0 Å². The molecule has 0 saturated carbocycles. The standard InChI is InChI=1S/C11H18N2O2S/c1-4-9(3)13-16(14,15)11-6-5-8(2)7-10(11)12/h5-7,9,13H,4,12H2,1-3H3. The molecule has 90 valence electrons. The average Bonchev–Trinajstić information content (AvgIpc) is 2.16. The van der Waals surface area contributed by atoms with Crippen molar-refractivity contribution < 1.29 is 8.42 Å². The summed E-state index contributed by atoms with van der Waals surface area (Å²) in [5.41, 5.74) is 6.94. The maximum atomic E-state index is 11.9. The Morgan fingerprint density at radius 3 is 2.56 bits per heavy atom. The largest absolute Gasteiger partial charge is 0.398 e. The number of benzene rings is 1. The first-order valence-electron chi connectivity index (χ1n) is 5.25. The number of rotatable bonds is 4. The lowest BCUT2D eigenvalue weighted by Gasteiger charge is -2.13. The molecule has 0 aliphatic carbocycles. The normalized spacial score (nSPS) is 13.7. The molecule has 1 aromatic carbocycles. The number of aryl methyl sites for hydroxylation is 1. The van der Waals surface area contributed by atoms with Crippen LogP contribution in [0.1, 0.15) is 25.8 Å². The van der Waals surface area contributed by atoms with Crippen LogP contribution in [0.25, 0.3) is 0 Å². The van der Waals surface area contributed by atoms with Crippen molar-refractivity contribution in [3.63, 3.8) is 0 Å². The predicted molar refractivity (Wildman–Crippen MR) is 65.7 cm³/mol. The maximum absolute atomic E-state index is 11.9. The summed E-state index contributed by atoms with van der Waals surface area (Å²) in [6, 6.07) is 4.84. The maximum Gasteiger partial charge on any atom is 0.242 e. The summed E-state index contributed by atoms with van der Waals surface area (Å²) in [6.45, 7) is 5.61. The van der Waals surface area contributed by atoms with Gasteiger partial charge in [0.15, 0.2) is 0 Å². The fraction of sp³-hybridized carbons (Fsp3) is 0.455. The lowest BCUT2D eigenvalue weighted by Crippen LogP contribution is -2.32. The summed E-state index contributed by atoms with van der Waals surface area (Å²) in [5, 5.41) is 0. The molecule has 0 spiro atoms. The molecule has 0 saturated heterocycles. The van der Waals surface area contributed by atoms with Crippen molar-refractivity contribution in [1.29, 1.82) is 0 Å². The third-order valence-corrected chi connectivity index (χ3v) is 4.09. The molecule has 16 heavy (non-hydrogen) atoms. The number of anilines is 1. The fourth-order valence-corrected chi connectivity index (χ4v) is 2.76. The van der Waals surface area contributed by atoms with E-state index in [0.717, 1.165) is 12.0 Å². The van der Waals surface area contributed by atoms with Gasteiger partial charge in [0, 0.05) is 6.04 Å². The van der Waals surface area contributed by atoms with E-state index < -0.39 is 10.0 Å². The highest BCUT2D eigenvalue weighted by molar-refractivity contribution is 7.89. The lowest BCUT2D eigenvalue weighted by molar-refractivity contribution is 0.556. The van der Waals surface area contributed by atoms with E-state index in [0.29, 0.717) is 0 Å². The third kappa shape index (κ3) is 2.96. The molecule has 0 fully saturated rings. The molecule has 0 heterocycles.